The summed E-state index contributed by atoms with van der Waals surface area (Å²) in [4.78, 5) is 23.2. The second-order valence-corrected chi connectivity index (χ2v) is 6.81. The quantitative estimate of drug-likeness (QED) is 0.676. The van der Waals surface area contributed by atoms with Crippen LogP contribution < -0.4 is 4.74 Å². The van der Waals surface area contributed by atoms with E-state index in [0.717, 1.165) is 21.8 Å². The van der Waals surface area contributed by atoms with Crippen molar-refractivity contribution in [2.45, 2.75) is 12.5 Å². The molecule has 1 aliphatic rings. The van der Waals surface area contributed by atoms with Gasteiger partial charge in [0.15, 0.2) is 0 Å². The first-order valence-corrected chi connectivity index (χ1v) is 8.92. The number of hydrogen-bond donors (Lipinski definition) is 0. The standard InChI is InChI=1S/C19H16BrN3O2/c20-15-5-3-10-21-18(15)25-14-9-11-23(12-14)19(24)17-8-7-13-4-1-2-6-16(13)22-17/h1-8,10,14H,9,11-12H2. The predicted octanol–water partition coefficient (Wildman–Crippen LogP) is 3.69. The number of likely N-dealkylation sites (tertiary alicyclic amines) is 1. The molecule has 1 atom stereocenters. The Kier molecular flexibility index (Phi) is 4.36. The molecule has 0 N–H and O–H groups in total. The Balaban J connectivity index is 1.47. The van der Waals surface area contributed by atoms with Gasteiger partial charge in [0.05, 0.1) is 16.5 Å². The van der Waals surface area contributed by atoms with Crippen LogP contribution in [0.2, 0.25) is 0 Å². The van der Waals surface area contributed by atoms with E-state index in [4.69, 9.17) is 4.74 Å². The predicted molar refractivity (Wildman–Crippen MR) is 98.6 cm³/mol. The highest BCUT2D eigenvalue weighted by molar-refractivity contribution is 9.10. The van der Waals surface area contributed by atoms with Crippen molar-refractivity contribution in [2.24, 2.45) is 0 Å². The maximum Gasteiger partial charge on any atom is 0.272 e. The molecule has 25 heavy (non-hydrogen) atoms. The molecule has 0 bridgehead atoms. The van der Waals surface area contributed by atoms with Crippen LogP contribution in [0.4, 0.5) is 0 Å². The summed E-state index contributed by atoms with van der Waals surface area (Å²) >= 11 is 3.43. The summed E-state index contributed by atoms with van der Waals surface area (Å²) in [5.41, 5.74) is 1.30. The third-order valence-corrected chi connectivity index (χ3v) is 4.86. The smallest absolute Gasteiger partial charge is 0.272 e. The Labute approximate surface area is 153 Å². The fraction of sp³-hybridized carbons (Fsp3) is 0.211. The molecule has 126 valence electrons. The minimum absolute atomic E-state index is 0.0584. The van der Waals surface area contributed by atoms with Gasteiger partial charge in [-0.3, -0.25) is 4.79 Å². The molecule has 4 rings (SSSR count). The van der Waals surface area contributed by atoms with Gasteiger partial charge < -0.3 is 9.64 Å². The molecule has 1 amide bonds. The van der Waals surface area contributed by atoms with E-state index < -0.39 is 0 Å². The Morgan fingerprint density at radius 3 is 2.92 bits per heavy atom. The van der Waals surface area contributed by atoms with Crippen LogP contribution in [0.5, 0.6) is 5.88 Å². The molecule has 3 aromatic rings. The first kappa shape index (κ1) is 16.0. The molecule has 1 unspecified atom stereocenters. The molecule has 5 nitrogen and oxygen atoms in total. The van der Waals surface area contributed by atoms with Crippen LogP contribution in [-0.2, 0) is 0 Å². The Bertz CT molecular complexity index is 931. The molecule has 6 heteroatoms. The average Bonchev–Trinajstić information content (AvgIpc) is 3.11. The minimum atomic E-state index is -0.0596. The molecule has 0 saturated carbocycles. The van der Waals surface area contributed by atoms with Crippen molar-refractivity contribution in [1.29, 1.82) is 0 Å². The maximum absolute atomic E-state index is 12.7. The highest BCUT2D eigenvalue weighted by Crippen LogP contribution is 2.25. The van der Waals surface area contributed by atoms with E-state index in [1.807, 2.05) is 42.5 Å². The zero-order valence-electron chi connectivity index (χ0n) is 13.4. The summed E-state index contributed by atoms with van der Waals surface area (Å²) < 4.78 is 6.74. The van der Waals surface area contributed by atoms with Gasteiger partial charge in [0.2, 0.25) is 5.88 Å². The number of carbonyl (C=O) groups is 1. The second-order valence-electron chi connectivity index (χ2n) is 5.96. The number of hydrogen-bond acceptors (Lipinski definition) is 4. The molecular formula is C19H16BrN3O2. The van der Waals surface area contributed by atoms with Crippen molar-refractivity contribution in [3.63, 3.8) is 0 Å². The first-order chi connectivity index (χ1) is 12.2. The van der Waals surface area contributed by atoms with Gasteiger partial charge in [0.1, 0.15) is 11.8 Å². The summed E-state index contributed by atoms with van der Waals surface area (Å²) in [6, 6.07) is 15.2. The van der Waals surface area contributed by atoms with Crippen LogP contribution in [0, 0.1) is 0 Å². The Morgan fingerprint density at radius 2 is 2.04 bits per heavy atom. The summed E-state index contributed by atoms with van der Waals surface area (Å²) in [5.74, 6) is 0.502. The second kappa shape index (κ2) is 6.80. The van der Waals surface area contributed by atoms with E-state index in [-0.39, 0.29) is 12.0 Å². The number of amides is 1. The Hall–Kier alpha value is -2.47. The number of benzene rings is 1. The van der Waals surface area contributed by atoms with E-state index in [9.17, 15) is 4.79 Å². The highest BCUT2D eigenvalue weighted by Gasteiger charge is 2.29. The van der Waals surface area contributed by atoms with Gasteiger partial charge >= 0.3 is 0 Å². The van der Waals surface area contributed by atoms with Gasteiger partial charge in [-0.25, -0.2) is 9.97 Å². The number of para-hydroxylation sites is 1. The molecule has 0 aliphatic carbocycles. The topological polar surface area (TPSA) is 55.3 Å². The van der Waals surface area contributed by atoms with Crippen LogP contribution in [-0.4, -0.2) is 40.0 Å². The van der Waals surface area contributed by atoms with Gasteiger partial charge in [-0.05, 0) is 40.2 Å². The minimum Gasteiger partial charge on any atom is -0.472 e. The molecule has 0 radical (unpaired) electrons. The molecule has 2 aromatic heterocycles. The van der Waals surface area contributed by atoms with Crippen LogP contribution in [0.15, 0.2) is 59.2 Å². The lowest BCUT2D eigenvalue weighted by molar-refractivity contribution is 0.0765. The van der Waals surface area contributed by atoms with Gasteiger partial charge in [0, 0.05) is 24.5 Å². The number of fused-ring (bicyclic) bond motifs is 1. The molecule has 3 heterocycles. The summed E-state index contributed by atoms with van der Waals surface area (Å²) in [6.07, 6.45) is 2.41. The molecule has 1 saturated heterocycles. The van der Waals surface area contributed by atoms with E-state index in [0.29, 0.717) is 24.7 Å². The number of ether oxygens (including phenoxy) is 1. The molecular weight excluding hydrogens is 382 g/mol. The van der Waals surface area contributed by atoms with Crippen LogP contribution >= 0.6 is 15.9 Å². The van der Waals surface area contributed by atoms with Crippen LogP contribution in [0.25, 0.3) is 10.9 Å². The van der Waals surface area contributed by atoms with E-state index in [1.54, 1.807) is 17.2 Å². The molecule has 1 aliphatic heterocycles. The lowest BCUT2D eigenvalue weighted by atomic mass is 10.2. The van der Waals surface area contributed by atoms with Crippen molar-refractivity contribution < 1.29 is 9.53 Å². The van der Waals surface area contributed by atoms with E-state index in [1.165, 1.54) is 0 Å². The monoisotopic (exact) mass is 397 g/mol. The molecule has 0 spiro atoms. The third-order valence-electron chi connectivity index (χ3n) is 4.25. The fourth-order valence-corrected chi connectivity index (χ4v) is 3.32. The molecule has 1 fully saturated rings. The largest absolute Gasteiger partial charge is 0.472 e. The summed E-state index contributed by atoms with van der Waals surface area (Å²) in [7, 11) is 0. The average molecular weight is 398 g/mol. The van der Waals surface area contributed by atoms with Crippen molar-refractivity contribution in [3.05, 3.63) is 64.9 Å². The number of rotatable bonds is 3. The number of halogens is 1. The van der Waals surface area contributed by atoms with Crippen LogP contribution in [0.3, 0.4) is 0 Å². The van der Waals surface area contributed by atoms with Gasteiger partial charge in [-0.2, -0.15) is 0 Å². The normalized spacial score (nSPS) is 17.0. The van der Waals surface area contributed by atoms with E-state index in [2.05, 4.69) is 25.9 Å². The van der Waals surface area contributed by atoms with Gasteiger partial charge in [-0.1, -0.05) is 24.3 Å². The van der Waals surface area contributed by atoms with Gasteiger partial charge in [-0.15, -0.1) is 0 Å². The number of pyridine rings is 2. The maximum atomic E-state index is 12.7. The fourth-order valence-electron chi connectivity index (χ4n) is 2.97. The molecule has 1 aromatic carbocycles. The Morgan fingerprint density at radius 1 is 1.16 bits per heavy atom. The van der Waals surface area contributed by atoms with Crippen molar-refractivity contribution >= 4 is 32.7 Å². The zero-order valence-corrected chi connectivity index (χ0v) is 15.0. The first-order valence-electron chi connectivity index (χ1n) is 8.13. The number of carbonyl (C=O) groups excluding carboxylic acids is 1. The number of aromatic nitrogens is 2. The lowest BCUT2D eigenvalue weighted by Gasteiger charge is -2.17. The van der Waals surface area contributed by atoms with Crippen molar-refractivity contribution in [2.75, 3.05) is 13.1 Å². The van der Waals surface area contributed by atoms with Crippen molar-refractivity contribution in [1.82, 2.24) is 14.9 Å². The third kappa shape index (κ3) is 3.35. The van der Waals surface area contributed by atoms with Gasteiger partial charge in [0.25, 0.3) is 5.91 Å². The number of nitrogens with zero attached hydrogens (tertiary/aromatic N) is 3. The van der Waals surface area contributed by atoms with Crippen LogP contribution in [0.1, 0.15) is 16.9 Å². The summed E-state index contributed by atoms with van der Waals surface area (Å²) in [6.45, 7) is 1.19. The highest BCUT2D eigenvalue weighted by atomic mass is 79.9. The summed E-state index contributed by atoms with van der Waals surface area (Å²) in [5, 5.41) is 1.03. The SMILES string of the molecule is O=C(c1ccc2ccccc2n1)N1CCC(Oc2ncccc2Br)C1. The zero-order chi connectivity index (χ0) is 17.2. The van der Waals surface area contributed by atoms with E-state index >= 15 is 0 Å². The van der Waals surface area contributed by atoms with Crippen molar-refractivity contribution in [3.8, 4) is 5.88 Å². The lowest BCUT2D eigenvalue weighted by Crippen LogP contribution is -2.31.